The van der Waals surface area contributed by atoms with E-state index in [0.29, 0.717) is 10.9 Å². The van der Waals surface area contributed by atoms with Crippen LogP contribution in [0.15, 0.2) is 12.3 Å². The first-order valence-electron chi connectivity index (χ1n) is 4.70. The second-order valence-corrected chi connectivity index (χ2v) is 4.27. The van der Waals surface area contributed by atoms with Gasteiger partial charge >= 0.3 is 5.97 Å². The van der Waals surface area contributed by atoms with Gasteiger partial charge in [-0.1, -0.05) is 11.6 Å². The highest BCUT2D eigenvalue weighted by Gasteiger charge is 2.31. The summed E-state index contributed by atoms with van der Waals surface area (Å²) in [7, 11) is 0. The Labute approximate surface area is 87.3 Å². The molecule has 1 fully saturated rings. The Kier molecular flexibility index (Phi) is 2.27. The van der Waals surface area contributed by atoms with Crippen molar-refractivity contribution in [3.63, 3.8) is 0 Å². The van der Waals surface area contributed by atoms with E-state index < -0.39 is 5.97 Å². The summed E-state index contributed by atoms with van der Waals surface area (Å²) in [5, 5.41) is 9.45. The summed E-state index contributed by atoms with van der Waals surface area (Å²) in [6.45, 7) is 2.04. The van der Waals surface area contributed by atoms with Crippen molar-refractivity contribution < 1.29 is 9.90 Å². The van der Waals surface area contributed by atoms with Crippen molar-refractivity contribution in [1.29, 1.82) is 0 Å². The van der Waals surface area contributed by atoms with E-state index in [4.69, 9.17) is 16.7 Å². The monoisotopic (exact) mass is 213 g/mol. The van der Waals surface area contributed by atoms with Gasteiger partial charge in [-0.15, -0.1) is 0 Å². The number of hydrogen-bond donors (Lipinski definition) is 1. The van der Waals surface area contributed by atoms with Crippen molar-refractivity contribution in [2.45, 2.75) is 25.8 Å². The van der Waals surface area contributed by atoms with Crippen LogP contribution in [0.25, 0.3) is 0 Å². The minimum absolute atomic E-state index is 0.244. The van der Waals surface area contributed by atoms with E-state index in [1.807, 2.05) is 6.92 Å². The van der Waals surface area contributed by atoms with Gasteiger partial charge in [0.2, 0.25) is 0 Å². The van der Waals surface area contributed by atoms with E-state index in [9.17, 15) is 4.79 Å². The predicted octanol–water partition coefficient (Wildman–Crippen LogP) is 2.81. The Morgan fingerprint density at radius 3 is 2.86 bits per heavy atom. The summed E-state index contributed by atoms with van der Waals surface area (Å²) >= 11 is 5.79. The van der Waals surface area contributed by atoms with Gasteiger partial charge < -0.3 is 9.67 Å². The van der Waals surface area contributed by atoms with Crippen LogP contribution in [0, 0.1) is 5.92 Å². The van der Waals surface area contributed by atoms with Crippen LogP contribution in [0.4, 0.5) is 0 Å². The van der Waals surface area contributed by atoms with Crippen molar-refractivity contribution in [3.05, 3.63) is 23.0 Å². The van der Waals surface area contributed by atoms with E-state index in [2.05, 4.69) is 0 Å². The molecular formula is C10H12ClNO2. The van der Waals surface area contributed by atoms with Gasteiger partial charge in [0.25, 0.3) is 0 Å². The fourth-order valence-corrected chi connectivity index (χ4v) is 1.97. The third-order valence-corrected chi connectivity index (χ3v) is 2.98. The molecule has 3 nitrogen and oxygen atoms in total. The van der Waals surface area contributed by atoms with Gasteiger partial charge in [-0.2, -0.15) is 0 Å². The standard InChI is InChI=1S/C10H12ClNO2/c1-6(7-2-3-7)12-5-8(11)4-9(12)10(13)14/h4-7H,2-3H2,1H3,(H,13,14). The van der Waals surface area contributed by atoms with E-state index in [1.54, 1.807) is 10.8 Å². The zero-order chi connectivity index (χ0) is 10.3. The fraction of sp³-hybridized carbons (Fsp3) is 0.500. The van der Waals surface area contributed by atoms with Crippen LogP contribution in [0.5, 0.6) is 0 Å². The molecule has 0 aromatic carbocycles. The lowest BCUT2D eigenvalue weighted by Gasteiger charge is -2.14. The van der Waals surface area contributed by atoms with Crippen LogP contribution in [0.2, 0.25) is 5.02 Å². The van der Waals surface area contributed by atoms with Crippen LogP contribution in [-0.2, 0) is 0 Å². The predicted molar refractivity (Wildman–Crippen MR) is 53.8 cm³/mol. The molecule has 76 valence electrons. The second-order valence-electron chi connectivity index (χ2n) is 3.83. The molecule has 1 aliphatic carbocycles. The van der Waals surface area contributed by atoms with Crippen LogP contribution in [0.3, 0.4) is 0 Å². The number of aromatic nitrogens is 1. The summed E-state index contributed by atoms with van der Waals surface area (Å²) in [6.07, 6.45) is 4.08. The molecule has 0 amide bonds. The molecule has 1 unspecified atom stereocenters. The van der Waals surface area contributed by atoms with Gasteiger partial charge in [-0.3, -0.25) is 0 Å². The Balaban J connectivity index is 2.34. The fourth-order valence-electron chi connectivity index (χ4n) is 1.76. The normalized spacial score (nSPS) is 18.1. The maximum Gasteiger partial charge on any atom is 0.352 e. The SMILES string of the molecule is CC(C1CC1)n1cc(Cl)cc1C(=O)O. The van der Waals surface area contributed by atoms with Gasteiger partial charge in [-0.05, 0) is 31.7 Å². The minimum atomic E-state index is -0.913. The van der Waals surface area contributed by atoms with Gasteiger partial charge in [0, 0.05) is 12.2 Å². The average Bonchev–Trinajstić information content (AvgIpc) is 2.87. The molecule has 2 rings (SSSR count). The summed E-state index contributed by atoms with van der Waals surface area (Å²) in [5.74, 6) is -0.291. The largest absolute Gasteiger partial charge is 0.477 e. The molecular weight excluding hydrogens is 202 g/mol. The van der Waals surface area contributed by atoms with Crippen LogP contribution in [-0.4, -0.2) is 15.6 Å². The molecule has 0 bridgehead atoms. The number of carboxylic acid groups (broad SMARTS) is 1. The number of aromatic carboxylic acids is 1. The van der Waals surface area contributed by atoms with E-state index >= 15 is 0 Å². The van der Waals surface area contributed by atoms with Crippen molar-refractivity contribution in [1.82, 2.24) is 4.57 Å². The Morgan fingerprint density at radius 1 is 1.71 bits per heavy atom. The molecule has 1 heterocycles. The lowest BCUT2D eigenvalue weighted by molar-refractivity contribution is 0.0682. The smallest absolute Gasteiger partial charge is 0.352 e. The van der Waals surface area contributed by atoms with Gasteiger partial charge in [0.1, 0.15) is 5.69 Å². The summed E-state index contributed by atoms with van der Waals surface area (Å²) in [4.78, 5) is 10.9. The molecule has 0 radical (unpaired) electrons. The third-order valence-electron chi connectivity index (χ3n) is 2.78. The zero-order valence-corrected chi connectivity index (χ0v) is 8.66. The average molecular weight is 214 g/mol. The molecule has 0 spiro atoms. The lowest BCUT2D eigenvalue weighted by Crippen LogP contribution is -2.13. The summed E-state index contributed by atoms with van der Waals surface area (Å²) in [6, 6.07) is 1.75. The van der Waals surface area contributed by atoms with E-state index in [1.165, 1.54) is 18.9 Å². The first-order valence-corrected chi connectivity index (χ1v) is 5.08. The second kappa shape index (κ2) is 3.31. The molecule has 1 N–H and O–H groups in total. The number of halogens is 1. The highest BCUT2D eigenvalue weighted by atomic mass is 35.5. The van der Waals surface area contributed by atoms with Gasteiger partial charge in [-0.25, -0.2) is 4.79 Å². The van der Waals surface area contributed by atoms with Crippen molar-refractivity contribution in [2.24, 2.45) is 5.92 Å². The lowest BCUT2D eigenvalue weighted by atomic mass is 10.2. The molecule has 1 aromatic rings. The number of hydrogen-bond acceptors (Lipinski definition) is 1. The Bertz CT molecular complexity index is 368. The maximum atomic E-state index is 10.9. The maximum absolute atomic E-state index is 10.9. The molecule has 1 aliphatic rings. The van der Waals surface area contributed by atoms with Crippen LogP contribution in [0.1, 0.15) is 36.3 Å². The topological polar surface area (TPSA) is 42.2 Å². The molecule has 4 heteroatoms. The molecule has 1 saturated carbocycles. The molecule has 14 heavy (non-hydrogen) atoms. The Hall–Kier alpha value is -0.960. The van der Waals surface area contributed by atoms with Crippen molar-refractivity contribution >= 4 is 17.6 Å². The molecule has 0 saturated heterocycles. The van der Waals surface area contributed by atoms with E-state index in [0.717, 1.165) is 0 Å². The van der Waals surface area contributed by atoms with Crippen molar-refractivity contribution in [3.8, 4) is 0 Å². The Morgan fingerprint density at radius 2 is 2.36 bits per heavy atom. The van der Waals surface area contributed by atoms with E-state index in [-0.39, 0.29) is 11.7 Å². The quantitative estimate of drug-likeness (QED) is 0.839. The highest BCUT2D eigenvalue weighted by Crippen LogP contribution is 2.40. The van der Waals surface area contributed by atoms with Gasteiger partial charge in [0.05, 0.1) is 5.02 Å². The number of rotatable bonds is 3. The third kappa shape index (κ3) is 1.64. The summed E-state index contributed by atoms with van der Waals surface area (Å²) in [5.41, 5.74) is 0.286. The number of carbonyl (C=O) groups is 1. The minimum Gasteiger partial charge on any atom is -0.477 e. The molecule has 1 aromatic heterocycles. The molecule has 0 aliphatic heterocycles. The van der Waals surface area contributed by atoms with Crippen LogP contribution < -0.4 is 0 Å². The first kappa shape index (κ1) is 9.59. The van der Waals surface area contributed by atoms with Gasteiger partial charge in [0.15, 0.2) is 0 Å². The zero-order valence-electron chi connectivity index (χ0n) is 7.90. The number of carboxylic acids is 1. The first-order chi connectivity index (χ1) is 6.59. The van der Waals surface area contributed by atoms with Crippen molar-refractivity contribution in [2.75, 3.05) is 0 Å². The van der Waals surface area contributed by atoms with Crippen LogP contribution >= 0.6 is 11.6 Å². The molecule has 1 atom stereocenters. The number of nitrogens with zero attached hydrogens (tertiary/aromatic N) is 1. The highest BCUT2D eigenvalue weighted by molar-refractivity contribution is 6.30. The summed E-state index contributed by atoms with van der Waals surface area (Å²) < 4.78 is 1.77.